The highest BCUT2D eigenvalue weighted by Crippen LogP contribution is 2.29. The largest absolute Gasteiger partial charge is 0.492 e. The van der Waals surface area contributed by atoms with E-state index >= 15 is 0 Å². The van der Waals surface area contributed by atoms with Crippen molar-refractivity contribution in [3.05, 3.63) is 36.1 Å². The van der Waals surface area contributed by atoms with Crippen molar-refractivity contribution in [3.63, 3.8) is 0 Å². The van der Waals surface area contributed by atoms with Gasteiger partial charge >= 0.3 is 0 Å². The van der Waals surface area contributed by atoms with Crippen molar-refractivity contribution in [1.82, 2.24) is 5.16 Å². The number of hydrogen-bond donors (Lipinski definition) is 1. The summed E-state index contributed by atoms with van der Waals surface area (Å²) < 4.78 is 35.6. The molecule has 8 nitrogen and oxygen atoms in total. The van der Waals surface area contributed by atoms with Crippen LogP contribution in [0, 0.1) is 6.92 Å². The summed E-state index contributed by atoms with van der Waals surface area (Å²) >= 11 is 0. The predicted octanol–water partition coefficient (Wildman–Crippen LogP) is 1.79. The molecule has 0 aliphatic rings. The minimum atomic E-state index is -3.69. The highest BCUT2D eigenvalue weighted by molar-refractivity contribution is 7.92. The van der Waals surface area contributed by atoms with Gasteiger partial charge in [0.25, 0.3) is 0 Å². The smallest absolute Gasteiger partial charge is 0.246 e. The molecule has 1 aromatic heterocycles. The number of aryl methyl sites for hydroxylation is 1. The number of carbonyl (C=O) groups excluding carboxylic acids is 1. The maximum atomic E-state index is 12.2. The summed E-state index contributed by atoms with van der Waals surface area (Å²) in [4.78, 5) is 12.2. The highest BCUT2D eigenvalue weighted by atomic mass is 32.2. The zero-order chi connectivity index (χ0) is 17.7. The fraction of sp³-hybridized carbons (Fsp3) is 0.333. The van der Waals surface area contributed by atoms with Gasteiger partial charge in [-0.1, -0.05) is 17.3 Å². The third-order valence-electron chi connectivity index (χ3n) is 3.02. The summed E-state index contributed by atoms with van der Waals surface area (Å²) in [6.45, 7) is 3.44. The SMILES string of the molecule is CCOc1ccccc1N(CC(=O)Nc1cc(C)on1)S(C)(=O)=O. The number of anilines is 2. The lowest BCUT2D eigenvalue weighted by molar-refractivity contribution is -0.114. The Morgan fingerprint density at radius 1 is 1.38 bits per heavy atom. The second-order valence-electron chi connectivity index (χ2n) is 5.04. The number of rotatable bonds is 7. The van der Waals surface area contributed by atoms with Crippen LogP contribution in [0.1, 0.15) is 12.7 Å². The van der Waals surface area contributed by atoms with Gasteiger partial charge in [0.15, 0.2) is 5.82 Å². The molecule has 1 heterocycles. The predicted molar refractivity (Wildman–Crippen MR) is 89.7 cm³/mol. The molecule has 0 saturated heterocycles. The first-order valence-electron chi connectivity index (χ1n) is 7.24. The van der Waals surface area contributed by atoms with Gasteiger partial charge in [-0.05, 0) is 26.0 Å². The standard InChI is InChI=1S/C15H19N3O5S/c1-4-22-13-8-6-5-7-12(13)18(24(3,20)21)10-15(19)16-14-9-11(2)23-17-14/h5-9H,4,10H2,1-3H3,(H,16,17,19). The first-order valence-corrected chi connectivity index (χ1v) is 9.08. The van der Waals surface area contributed by atoms with Crippen molar-refractivity contribution in [2.75, 3.05) is 29.0 Å². The molecule has 1 amide bonds. The van der Waals surface area contributed by atoms with Crippen LogP contribution in [-0.2, 0) is 14.8 Å². The Bertz CT molecular complexity index is 816. The molecule has 0 radical (unpaired) electrons. The number of nitrogens with one attached hydrogen (secondary N) is 1. The van der Waals surface area contributed by atoms with Gasteiger partial charge in [-0.3, -0.25) is 9.10 Å². The van der Waals surface area contributed by atoms with Gasteiger partial charge in [-0.25, -0.2) is 8.42 Å². The first kappa shape index (κ1) is 17.8. The van der Waals surface area contributed by atoms with E-state index in [2.05, 4.69) is 10.5 Å². The minimum Gasteiger partial charge on any atom is -0.492 e. The number of ether oxygens (including phenoxy) is 1. The average molecular weight is 353 g/mol. The van der Waals surface area contributed by atoms with Crippen molar-refractivity contribution >= 4 is 27.4 Å². The minimum absolute atomic E-state index is 0.226. The Kier molecular flexibility index (Phi) is 5.45. The lowest BCUT2D eigenvalue weighted by atomic mass is 10.3. The van der Waals surface area contributed by atoms with Gasteiger partial charge in [0.05, 0.1) is 18.6 Å². The number of benzene rings is 1. The van der Waals surface area contributed by atoms with E-state index in [1.807, 2.05) is 0 Å². The Morgan fingerprint density at radius 3 is 2.67 bits per heavy atom. The van der Waals surface area contributed by atoms with E-state index < -0.39 is 22.5 Å². The lowest BCUT2D eigenvalue weighted by Gasteiger charge is -2.23. The van der Waals surface area contributed by atoms with Crippen LogP contribution in [0.5, 0.6) is 5.75 Å². The molecule has 0 saturated carbocycles. The molecule has 9 heteroatoms. The number of carbonyl (C=O) groups is 1. The Balaban J connectivity index is 2.25. The van der Waals surface area contributed by atoms with Crippen LogP contribution in [0.4, 0.5) is 11.5 Å². The van der Waals surface area contributed by atoms with E-state index in [1.165, 1.54) is 6.07 Å². The zero-order valence-corrected chi connectivity index (χ0v) is 14.5. The van der Waals surface area contributed by atoms with Gasteiger partial charge in [0.1, 0.15) is 18.1 Å². The summed E-state index contributed by atoms with van der Waals surface area (Å²) in [5.74, 6) is 0.603. The highest BCUT2D eigenvalue weighted by Gasteiger charge is 2.24. The van der Waals surface area contributed by atoms with E-state index in [0.717, 1.165) is 10.6 Å². The van der Waals surface area contributed by atoms with Gasteiger partial charge in [0.2, 0.25) is 15.9 Å². The molecule has 0 unspecified atom stereocenters. The van der Waals surface area contributed by atoms with Crippen molar-refractivity contribution < 1.29 is 22.5 Å². The second-order valence-corrected chi connectivity index (χ2v) is 6.95. The Morgan fingerprint density at radius 2 is 2.08 bits per heavy atom. The number of sulfonamides is 1. The van der Waals surface area contributed by atoms with Crippen molar-refractivity contribution in [2.45, 2.75) is 13.8 Å². The second kappa shape index (κ2) is 7.35. The summed E-state index contributed by atoms with van der Waals surface area (Å²) in [7, 11) is -3.69. The average Bonchev–Trinajstić information content (AvgIpc) is 2.90. The molecule has 0 atom stereocenters. The van der Waals surface area contributed by atoms with Crippen molar-refractivity contribution in [1.29, 1.82) is 0 Å². The van der Waals surface area contributed by atoms with Crippen LogP contribution in [0.2, 0.25) is 0 Å². The van der Waals surface area contributed by atoms with Crippen LogP contribution in [0.15, 0.2) is 34.9 Å². The summed E-state index contributed by atoms with van der Waals surface area (Å²) in [6.07, 6.45) is 1.03. The quantitative estimate of drug-likeness (QED) is 0.814. The Labute approximate surface area is 140 Å². The number of para-hydroxylation sites is 2. The van der Waals surface area contributed by atoms with E-state index in [9.17, 15) is 13.2 Å². The molecule has 0 bridgehead atoms. The van der Waals surface area contributed by atoms with Crippen LogP contribution >= 0.6 is 0 Å². The molecular weight excluding hydrogens is 334 g/mol. The molecule has 0 spiro atoms. The van der Waals surface area contributed by atoms with Crippen molar-refractivity contribution in [2.24, 2.45) is 0 Å². The number of amides is 1. The van der Waals surface area contributed by atoms with Crippen LogP contribution in [0.3, 0.4) is 0 Å². The maximum Gasteiger partial charge on any atom is 0.246 e. The third kappa shape index (κ3) is 4.48. The monoisotopic (exact) mass is 353 g/mol. The summed E-state index contributed by atoms with van der Waals surface area (Å²) in [5.41, 5.74) is 0.299. The van der Waals surface area contributed by atoms with Crippen LogP contribution in [-0.4, -0.2) is 38.9 Å². The molecule has 0 aliphatic heterocycles. The third-order valence-corrected chi connectivity index (χ3v) is 4.14. The van der Waals surface area contributed by atoms with Gasteiger partial charge in [-0.15, -0.1) is 0 Å². The van der Waals surface area contributed by atoms with E-state index in [0.29, 0.717) is 23.8 Å². The first-order chi connectivity index (χ1) is 11.3. The van der Waals surface area contributed by atoms with Crippen molar-refractivity contribution in [3.8, 4) is 5.75 Å². The maximum absolute atomic E-state index is 12.2. The van der Waals surface area contributed by atoms with Crippen LogP contribution in [0.25, 0.3) is 0 Å². The van der Waals surface area contributed by atoms with E-state index in [4.69, 9.17) is 9.26 Å². The molecule has 130 valence electrons. The molecular formula is C15H19N3O5S. The molecule has 2 rings (SSSR count). The molecule has 24 heavy (non-hydrogen) atoms. The molecule has 1 N–H and O–H groups in total. The number of hydrogen-bond acceptors (Lipinski definition) is 6. The molecule has 0 aliphatic carbocycles. The van der Waals surface area contributed by atoms with E-state index in [-0.39, 0.29) is 5.82 Å². The van der Waals surface area contributed by atoms with Gasteiger partial charge in [0, 0.05) is 6.07 Å². The fourth-order valence-corrected chi connectivity index (χ4v) is 2.92. The van der Waals surface area contributed by atoms with Crippen LogP contribution < -0.4 is 14.4 Å². The molecule has 2 aromatic rings. The normalized spacial score (nSPS) is 11.1. The summed E-state index contributed by atoms with van der Waals surface area (Å²) in [6, 6.07) is 8.18. The summed E-state index contributed by atoms with van der Waals surface area (Å²) in [5, 5.41) is 6.14. The lowest BCUT2D eigenvalue weighted by Crippen LogP contribution is -2.37. The molecule has 0 fully saturated rings. The number of nitrogens with zero attached hydrogens (tertiary/aromatic N) is 2. The number of aromatic nitrogens is 1. The zero-order valence-electron chi connectivity index (χ0n) is 13.6. The Hall–Kier alpha value is -2.55. The van der Waals surface area contributed by atoms with E-state index in [1.54, 1.807) is 38.1 Å². The van der Waals surface area contributed by atoms with Gasteiger partial charge in [-0.2, -0.15) is 0 Å². The topological polar surface area (TPSA) is 102 Å². The molecule has 1 aromatic carbocycles. The fourth-order valence-electron chi connectivity index (χ4n) is 2.06. The van der Waals surface area contributed by atoms with Gasteiger partial charge < -0.3 is 14.6 Å².